The summed E-state index contributed by atoms with van der Waals surface area (Å²) in [5, 5.41) is 5.17. The van der Waals surface area contributed by atoms with Crippen LogP contribution in [0.15, 0.2) is 48.5 Å². The third-order valence-corrected chi connectivity index (χ3v) is 6.35. The molecule has 1 atom stereocenters. The molecule has 2 aromatic carbocycles. The number of benzene rings is 2. The number of ether oxygens (including phenoxy) is 2. The monoisotopic (exact) mass is 457 g/mol. The predicted molar refractivity (Wildman–Crippen MR) is 107 cm³/mol. The number of rotatable bonds is 5. The molecule has 3 aromatic rings. The number of sulfonamides is 1. The van der Waals surface area contributed by atoms with E-state index in [2.05, 4.69) is 4.74 Å². The first-order valence-corrected chi connectivity index (χ1v) is 11.3. The Morgan fingerprint density at radius 3 is 2.66 bits per heavy atom. The number of fused-ring (bicyclic) bond motifs is 3. The maximum Gasteiger partial charge on any atom is 0.387 e. The van der Waals surface area contributed by atoms with Crippen LogP contribution in [0.4, 0.5) is 8.78 Å². The molecule has 1 aliphatic heterocycles. The van der Waals surface area contributed by atoms with Crippen molar-refractivity contribution in [2.45, 2.75) is 18.5 Å². The highest BCUT2D eigenvalue weighted by Crippen LogP contribution is 2.50. The van der Waals surface area contributed by atoms with E-state index in [1.807, 2.05) is 0 Å². The maximum atomic E-state index is 12.9. The zero-order valence-corrected chi connectivity index (χ0v) is 17.0. The quantitative estimate of drug-likeness (QED) is 0.588. The standard InChI is InChI=1S/C19H14ClF2NO4S2/c20-16-7-6-15(28-16)18-12-8-10(9-29(23,24)25)4-5-11(12)17-13(26-18)2-1-3-14(17)27-19(21)22/h1-8,18-19H,9H2,(H2,23,24,25). The van der Waals surface area contributed by atoms with Crippen LogP contribution < -0.4 is 14.6 Å². The summed E-state index contributed by atoms with van der Waals surface area (Å²) in [6, 6.07) is 13.1. The van der Waals surface area contributed by atoms with Crippen molar-refractivity contribution < 1.29 is 26.7 Å². The second-order valence-electron chi connectivity index (χ2n) is 6.38. The van der Waals surface area contributed by atoms with Gasteiger partial charge in [0.2, 0.25) is 10.0 Å². The summed E-state index contributed by atoms with van der Waals surface area (Å²) in [5.41, 5.74) is 2.06. The Labute approximate surface area is 174 Å². The zero-order valence-electron chi connectivity index (χ0n) is 14.6. The third-order valence-electron chi connectivity index (χ3n) is 4.34. The van der Waals surface area contributed by atoms with Gasteiger partial charge in [-0.2, -0.15) is 8.78 Å². The van der Waals surface area contributed by atoms with Crippen LogP contribution in [-0.2, 0) is 15.8 Å². The molecule has 1 aliphatic rings. The number of halogens is 3. The van der Waals surface area contributed by atoms with E-state index in [9.17, 15) is 17.2 Å². The Balaban J connectivity index is 1.90. The van der Waals surface area contributed by atoms with Crippen LogP contribution in [-0.4, -0.2) is 15.0 Å². The van der Waals surface area contributed by atoms with E-state index in [4.69, 9.17) is 21.5 Å². The average Bonchev–Trinajstić information content (AvgIpc) is 3.05. The Bertz CT molecular complexity index is 1180. The third kappa shape index (κ3) is 4.23. The molecule has 0 bridgehead atoms. The second-order valence-corrected chi connectivity index (χ2v) is 9.74. The fraction of sp³-hybridized carbons (Fsp3) is 0.158. The van der Waals surface area contributed by atoms with Gasteiger partial charge in [0, 0.05) is 5.56 Å². The molecule has 1 unspecified atom stereocenters. The second kappa shape index (κ2) is 7.56. The molecular weight excluding hydrogens is 444 g/mol. The van der Waals surface area contributed by atoms with Crippen LogP contribution in [0.25, 0.3) is 11.1 Å². The van der Waals surface area contributed by atoms with Gasteiger partial charge in [-0.1, -0.05) is 35.9 Å². The molecule has 5 nitrogen and oxygen atoms in total. The highest BCUT2D eigenvalue weighted by Gasteiger charge is 2.31. The molecule has 10 heteroatoms. The largest absolute Gasteiger partial charge is 0.479 e. The van der Waals surface area contributed by atoms with E-state index >= 15 is 0 Å². The molecule has 0 aliphatic carbocycles. The van der Waals surface area contributed by atoms with E-state index in [-0.39, 0.29) is 11.5 Å². The summed E-state index contributed by atoms with van der Waals surface area (Å²) in [6.45, 7) is -3.00. The summed E-state index contributed by atoms with van der Waals surface area (Å²) in [7, 11) is -3.75. The van der Waals surface area contributed by atoms with Gasteiger partial charge in [0.15, 0.2) is 6.10 Å². The molecule has 4 rings (SSSR count). The van der Waals surface area contributed by atoms with Crippen molar-refractivity contribution in [3.05, 3.63) is 68.9 Å². The van der Waals surface area contributed by atoms with Gasteiger partial charge >= 0.3 is 6.61 Å². The summed E-state index contributed by atoms with van der Waals surface area (Å²) in [6.07, 6.45) is -0.586. The predicted octanol–water partition coefficient (Wildman–Crippen LogP) is 4.94. The molecule has 2 heterocycles. The molecule has 0 saturated carbocycles. The normalized spacial score (nSPS) is 15.6. The van der Waals surface area contributed by atoms with E-state index in [0.29, 0.717) is 32.3 Å². The van der Waals surface area contributed by atoms with Gasteiger partial charge in [0.1, 0.15) is 11.5 Å². The Morgan fingerprint density at radius 2 is 2.00 bits per heavy atom. The molecule has 29 heavy (non-hydrogen) atoms. The fourth-order valence-electron chi connectivity index (χ4n) is 3.32. The van der Waals surface area contributed by atoms with Crippen molar-refractivity contribution in [2.75, 3.05) is 0 Å². The topological polar surface area (TPSA) is 78.6 Å². The van der Waals surface area contributed by atoms with E-state index in [1.165, 1.54) is 17.4 Å². The summed E-state index contributed by atoms with van der Waals surface area (Å²) in [5.74, 6) is -0.00905. The van der Waals surface area contributed by atoms with Crippen molar-refractivity contribution in [2.24, 2.45) is 5.14 Å². The van der Waals surface area contributed by atoms with Crippen LogP contribution in [0.5, 0.6) is 11.5 Å². The molecule has 0 saturated heterocycles. The lowest BCUT2D eigenvalue weighted by Gasteiger charge is -2.30. The highest BCUT2D eigenvalue weighted by molar-refractivity contribution is 7.88. The number of hydrogen-bond donors (Lipinski definition) is 1. The van der Waals surface area contributed by atoms with Crippen molar-refractivity contribution >= 4 is 33.0 Å². The lowest BCUT2D eigenvalue weighted by molar-refractivity contribution is -0.0496. The molecule has 2 N–H and O–H groups in total. The smallest absolute Gasteiger partial charge is 0.387 e. The van der Waals surface area contributed by atoms with E-state index in [1.54, 1.807) is 42.5 Å². The molecule has 152 valence electrons. The number of alkyl halides is 2. The van der Waals surface area contributed by atoms with Gasteiger partial charge < -0.3 is 9.47 Å². The van der Waals surface area contributed by atoms with Gasteiger partial charge in [-0.3, -0.25) is 0 Å². The Kier molecular flexibility index (Phi) is 5.24. The number of thiophene rings is 1. The number of nitrogens with two attached hydrogens (primary N) is 1. The number of hydrogen-bond acceptors (Lipinski definition) is 5. The summed E-state index contributed by atoms with van der Waals surface area (Å²) >= 11 is 7.38. The Morgan fingerprint density at radius 1 is 1.21 bits per heavy atom. The van der Waals surface area contributed by atoms with Gasteiger partial charge in [0.25, 0.3) is 0 Å². The summed E-state index contributed by atoms with van der Waals surface area (Å²) in [4.78, 5) is 0.787. The van der Waals surface area contributed by atoms with Crippen LogP contribution in [0.1, 0.15) is 22.1 Å². The first-order chi connectivity index (χ1) is 13.7. The van der Waals surface area contributed by atoms with Crippen molar-refractivity contribution in [3.63, 3.8) is 0 Å². The van der Waals surface area contributed by atoms with Crippen LogP contribution in [0, 0.1) is 0 Å². The van der Waals surface area contributed by atoms with Crippen molar-refractivity contribution in [1.82, 2.24) is 0 Å². The molecule has 0 radical (unpaired) electrons. The lowest BCUT2D eigenvalue weighted by atomic mass is 9.90. The molecule has 0 fully saturated rings. The SMILES string of the molecule is NS(=O)(=O)Cc1ccc2c(c1)C(c1ccc(Cl)s1)Oc1cccc(OC(F)F)c1-2. The van der Waals surface area contributed by atoms with Crippen molar-refractivity contribution in [3.8, 4) is 22.6 Å². The highest BCUT2D eigenvalue weighted by atomic mass is 35.5. The minimum atomic E-state index is -3.75. The van der Waals surface area contributed by atoms with Crippen molar-refractivity contribution in [1.29, 1.82) is 0 Å². The van der Waals surface area contributed by atoms with Gasteiger partial charge in [-0.05, 0) is 35.4 Å². The fourth-order valence-corrected chi connectivity index (χ4v) is 5.07. The summed E-state index contributed by atoms with van der Waals surface area (Å²) < 4.78 is 60.2. The molecule has 1 aromatic heterocycles. The van der Waals surface area contributed by atoms with Crippen LogP contribution in [0.3, 0.4) is 0 Å². The Hall–Kier alpha value is -2.20. The lowest BCUT2D eigenvalue weighted by Crippen LogP contribution is -2.18. The first kappa shape index (κ1) is 20.1. The van der Waals surface area contributed by atoms with Gasteiger partial charge in [-0.25, -0.2) is 13.6 Å². The van der Waals surface area contributed by atoms with Crippen LogP contribution >= 0.6 is 22.9 Å². The molecular formula is C19H14ClF2NO4S2. The van der Waals surface area contributed by atoms with Gasteiger partial charge in [-0.15, -0.1) is 11.3 Å². The molecule has 0 spiro atoms. The minimum Gasteiger partial charge on any atom is -0.479 e. The van der Waals surface area contributed by atoms with Crippen LogP contribution in [0.2, 0.25) is 4.34 Å². The van der Waals surface area contributed by atoms with Gasteiger partial charge in [0.05, 0.1) is 20.5 Å². The average molecular weight is 458 g/mol. The van der Waals surface area contributed by atoms with E-state index in [0.717, 1.165) is 4.88 Å². The van der Waals surface area contributed by atoms with E-state index < -0.39 is 22.7 Å². The number of primary sulfonamides is 1. The molecule has 0 amide bonds. The minimum absolute atomic E-state index is 0.0272. The first-order valence-electron chi connectivity index (χ1n) is 8.34. The maximum absolute atomic E-state index is 12.9. The zero-order chi connectivity index (χ0) is 20.8.